The second-order valence-corrected chi connectivity index (χ2v) is 8.72. The van der Waals surface area contributed by atoms with Gasteiger partial charge in [-0.2, -0.15) is 0 Å². The highest BCUT2D eigenvalue weighted by Crippen LogP contribution is 2.39. The smallest absolute Gasteiger partial charge is 0.171 e. The summed E-state index contributed by atoms with van der Waals surface area (Å²) in [4.78, 5) is 0. The molecule has 5 aromatic rings. The van der Waals surface area contributed by atoms with Gasteiger partial charge in [-0.05, 0) is 48.5 Å². The van der Waals surface area contributed by atoms with Crippen molar-refractivity contribution < 1.29 is 19.7 Å². The van der Waals surface area contributed by atoms with E-state index in [1.54, 1.807) is 24.3 Å². The first kappa shape index (κ1) is 25.7. The van der Waals surface area contributed by atoms with E-state index in [9.17, 15) is 10.2 Å². The number of phenolic OH excluding ortho intramolecular Hbond substituents is 2. The minimum Gasteiger partial charge on any atom is -0.506 e. The Balaban J connectivity index is 1.65. The Labute approximate surface area is 232 Å². The maximum absolute atomic E-state index is 9.85. The Bertz CT molecular complexity index is 1660. The fourth-order valence-corrected chi connectivity index (χ4v) is 3.69. The van der Waals surface area contributed by atoms with Gasteiger partial charge in [0.15, 0.2) is 11.5 Å². The van der Waals surface area contributed by atoms with Crippen LogP contribution in [0.4, 0.5) is 11.4 Å². The first-order chi connectivity index (χ1) is 19.4. The molecule has 0 atom stereocenters. The van der Waals surface area contributed by atoms with E-state index in [1.807, 2.05) is 60.7 Å². The van der Waals surface area contributed by atoms with Gasteiger partial charge in [-0.3, -0.25) is 0 Å². The van der Waals surface area contributed by atoms with Gasteiger partial charge in [0.05, 0.1) is 11.4 Å². The molecule has 0 saturated heterocycles. The predicted octanol–water partition coefficient (Wildman–Crippen LogP) is 6.65. The quantitative estimate of drug-likeness (QED) is 0.119. The number of ether oxygens (including phenoxy) is 2. The predicted molar refractivity (Wildman–Crippen MR) is 156 cm³/mol. The number of nitrogen functional groups attached to an aromatic ring is 2. The van der Waals surface area contributed by atoms with Crippen molar-refractivity contribution in [1.29, 1.82) is 0 Å². The lowest BCUT2D eigenvalue weighted by atomic mass is 10.1. The largest absolute Gasteiger partial charge is 0.506 e. The first-order valence-electron chi connectivity index (χ1n) is 12.3. The average molecular weight is 525 g/mol. The van der Waals surface area contributed by atoms with Crippen LogP contribution in [0.25, 0.3) is 0 Å². The van der Waals surface area contributed by atoms with Gasteiger partial charge >= 0.3 is 0 Å². The van der Waals surface area contributed by atoms with Crippen LogP contribution in [-0.4, -0.2) is 10.2 Å². The van der Waals surface area contributed by atoms with Crippen LogP contribution in [-0.2, 0) is 0 Å². The Morgan fingerprint density at radius 3 is 1.25 bits per heavy atom. The van der Waals surface area contributed by atoms with Gasteiger partial charge in [0.25, 0.3) is 0 Å². The van der Waals surface area contributed by atoms with Crippen LogP contribution in [0.15, 0.2) is 109 Å². The maximum Gasteiger partial charge on any atom is 0.171 e. The van der Waals surface area contributed by atoms with E-state index < -0.39 is 0 Å². The van der Waals surface area contributed by atoms with Gasteiger partial charge in [-0.15, -0.1) is 0 Å². The van der Waals surface area contributed by atoms with Crippen molar-refractivity contribution in [3.8, 4) is 58.2 Å². The van der Waals surface area contributed by atoms with E-state index in [2.05, 4.69) is 23.7 Å². The second-order valence-electron chi connectivity index (χ2n) is 8.72. The zero-order valence-electron chi connectivity index (χ0n) is 21.3. The number of aromatic hydroxyl groups is 2. The molecule has 0 saturated carbocycles. The van der Waals surface area contributed by atoms with Crippen molar-refractivity contribution in [2.75, 3.05) is 11.5 Å². The molecule has 6 N–H and O–H groups in total. The summed E-state index contributed by atoms with van der Waals surface area (Å²) >= 11 is 0. The van der Waals surface area contributed by atoms with Gasteiger partial charge in [0.2, 0.25) is 0 Å². The van der Waals surface area contributed by atoms with Gasteiger partial charge in [-0.25, -0.2) is 0 Å². The van der Waals surface area contributed by atoms with E-state index in [-0.39, 0.29) is 22.9 Å². The van der Waals surface area contributed by atoms with Crippen LogP contribution in [0.1, 0.15) is 22.3 Å². The standard InChI is InChI=1S/C34H24N2O4/c35-29-21-27(15-17-31(29)37)39-33-19-25(13-11-23-7-3-1-4-8-23)26(14-12-24-9-5-2-6-10-24)20-34(33)40-28-16-18-32(38)30(36)22-28/h1-10,15-22,37-38H,35-36H2. The van der Waals surface area contributed by atoms with Crippen LogP contribution < -0.4 is 20.9 Å². The lowest BCUT2D eigenvalue weighted by Gasteiger charge is -2.15. The molecular formula is C34H24N2O4. The summed E-state index contributed by atoms with van der Waals surface area (Å²) in [5.41, 5.74) is 15.0. The summed E-state index contributed by atoms with van der Waals surface area (Å²) in [5.74, 6) is 14.1. The van der Waals surface area contributed by atoms with Crippen molar-refractivity contribution in [2.24, 2.45) is 0 Å². The summed E-state index contributed by atoms with van der Waals surface area (Å²) < 4.78 is 12.3. The van der Waals surface area contributed by atoms with Crippen LogP contribution in [0.5, 0.6) is 34.5 Å². The van der Waals surface area contributed by atoms with E-state index in [0.29, 0.717) is 34.1 Å². The molecule has 0 aromatic heterocycles. The van der Waals surface area contributed by atoms with E-state index in [0.717, 1.165) is 11.1 Å². The first-order valence-corrected chi connectivity index (χ1v) is 12.3. The van der Waals surface area contributed by atoms with Crippen molar-refractivity contribution in [3.63, 3.8) is 0 Å². The molecule has 6 heteroatoms. The minimum atomic E-state index is -0.0515. The van der Waals surface area contributed by atoms with Crippen molar-refractivity contribution >= 4 is 11.4 Å². The molecule has 5 rings (SSSR count). The van der Waals surface area contributed by atoms with Crippen LogP contribution in [0, 0.1) is 23.7 Å². The third-order valence-corrected chi connectivity index (χ3v) is 5.77. The summed E-state index contributed by atoms with van der Waals surface area (Å²) in [6.45, 7) is 0. The van der Waals surface area contributed by atoms with E-state index in [4.69, 9.17) is 20.9 Å². The monoisotopic (exact) mass is 524 g/mol. The fraction of sp³-hybridized carbons (Fsp3) is 0. The topological polar surface area (TPSA) is 111 Å². The Morgan fingerprint density at radius 2 is 0.875 bits per heavy atom. The third-order valence-electron chi connectivity index (χ3n) is 5.77. The Morgan fingerprint density at radius 1 is 0.475 bits per heavy atom. The molecule has 0 aliphatic rings. The van der Waals surface area contributed by atoms with Crippen LogP contribution in [0.2, 0.25) is 0 Å². The number of phenols is 2. The molecule has 40 heavy (non-hydrogen) atoms. The molecule has 0 bridgehead atoms. The highest BCUT2D eigenvalue weighted by molar-refractivity contribution is 5.64. The molecule has 0 amide bonds. The van der Waals surface area contributed by atoms with E-state index >= 15 is 0 Å². The van der Waals surface area contributed by atoms with E-state index in [1.165, 1.54) is 24.3 Å². The van der Waals surface area contributed by atoms with Gasteiger partial charge in [0.1, 0.15) is 23.0 Å². The molecule has 0 radical (unpaired) electrons. The second kappa shape index (κ2) is 11.6. The fourth-order valence-electron chi connectivity index (χ4n) is 3.69. The Hall–Kier alpha value is -5.98. The maximum atomic E-state index is 9.85. The minimum absolute atomic E-state index is 0.0515. The van der Waals surface area contributed by atoms with Crippen molar-refractivity contribution in [3.05, 3.63) is 131 Å². The van der Waals surface area contributed by atoms with Crippen LogP contribution >= 0.6 is 0 Å². The zero-order valence-corrected chi connectivity index (χ0v) is 21.3. The van der Waals surface area contributed by atoms with Crippen LogP contribution in [0.3, 0.4) is 0 Å². The van der Waals surface area contributed by atoms with Gasteiger partial charge < -0.3 is 31.2 Å². The number of benzene rings is 5. The average Bonchev–Trinajstić information content (AvgIpc) is 2.97. The lowest BCUT2D eigenvalue weighted by molar-refractivity contribution is 0.416. The summed E-state index contributed by atoms with van der Waals surface area (Å²) in [5, 5.41) is 19.7. The summed E-state index contributed by atoms with van der Waals surface area (Å²) in [6.07, 6.45) is 0. The molecular weight excluding hydrogens is 500 g/mol. The molecule has 0 unspecified atom stereocenters. The third kappa shape index (κ3) is 6.28. The molecule has 5 aromatic carbocycles. The SMILES string of the molecule is Nc1cc(Oc2cc(C#Cc3ccccc3)c(C#Cc3ccccc3)cc2Oc2ccc(O)c(N)c2)ccc1O. The van der Waals surface area contributed by atoms with Crippen molar-refractivity contribution in [2.45, 2.75) is 0 Å². The molecule has 0 aliphatic carbocycles. The summed E-state index contributed by atoms with van der Waals surface area (Å²) in [7, 11) is 0. The van der Waals surface area contributed by atoms with Gasteiger partial charge in [0, 0.05) is 46.5 Å². The number of anilines is 2. The zero-order chi connectivity index (χ0) is 27.9. The molecule has 6 nitrogen and oxygen atoms in total. The van der Waals surface area contributed by atoms with Crippen molar-refractivity contribution in [1.82, 2.24) is 0 Å². The Kier molecular flexibility index (Phi) is 7.44. The molecule has 0 fully saturated rings. The molecule has 0 heterocycles. The number of hydrogen-bond acceptors (Lipinski definition) is 6. The summed E-state index contributed by atoms with van der Waals surface area (Å²) in [6, 6.07) is 31.8. The number of hydrogen-bond donors (Lipinski definition) is 4. The number of rotatable bonds is 4. The highest BCUT2D eigenvalue weighted by atomic mass is 16.5. The normalized spacial score (nSPS) is 10.0. The number of nitrogens with two attached hydrogens (primary N) is 2. The highest BCUT2D eigenvalue weighted by Gasteiger charge is 2.14. The lowest BCUT2D eigenvalue weighted by Crippen LogP contribution is -1.96. The molecule has 0 spiro atoms. The molecule has 194 valence electrons. The molecule has 0 aliphatic heterocycles. The van der Waals surface area contributed by atoms with Gasteiger partial charge in [-0.1, -0.05) is 60.1 Å².